The van der Waals surface area contributed by atoms with Gasteiger partial charge in [0, 0.05) is 30.2 Å². The van der Waals surface area contributed by atoms with Crippen LogP contribution in [0.15, 0.2) is 54.7 Å². The van der Waals surface area contributed by atoms with Crippen molar-refractivity contribution in [3.63, 3.8) is 0 Å². The van der Waals surface area contributed by atoms with E-state index in [1.54, 1.807) is 6.20 Å². The maximum Gasteiger partial charge on any atom is 0.227 e. The zero-order valence-corrected chi connectivity index (χ0v) is 18.0. The molecule has 1 aromatic heterocycles. The molecule has 0 spiro atoms. The standard InChI is InChI=1S/C26H30FN3O/c27-30-19-23(22-8-2-4-10-25(22)30)20-13-17-28(18-14-20)15-5-6-16-29-24-9-3-1-7-21(24)11-12-26(29)31/h1-4,7-10,19-20H,5-6,11-18H2. The number of carbonyl (C=O) groups is 1. The first-order valence-corrected chi connectivity index (χ1v) is 11.6. The molecule has 162 valence electrons. The summed E-state index contributed by atoms with van der Waals surface area (Å²) in [4.78, 5) is 17.7. The Balaban J connectivity index is 1.11. The molecule has 1 fully saturated rings. The maximum atomic E-state index is 14.2. The van der Waals surface area contributed by atoms with E-state index in [0.717, 1.165) is 79.7 Å². The third kappa shape index (κ3) is 4.11. The number of halogens is 1. The third-order valence-electron chi connectivity index (χ3n) is 7.02. The van der Waals surface area contributed by atoms with E-state index in [0.29, 0.717) is 17.9 Å². The van der Waals surface area contributed by atoms with Gasteiger partial charge in [0.2, 0.25) is 5.91 Å². The number of unbranched alkanes of at least 4 members (excludes halogenated alkanes) is 1. The average molecular weight is 420 g/mol. The summed E-state index contributed by atoms with van der Waals surface area (Å²) in [5, 5.41) is 1.05. The highest BCUT2D eigenvalue weighted by Crippen LogP contribution is 2.34. The molecule has 4 nitrogen and oxygen atoms in total. The molecule has 2 aromatic carbocycles. The zero-order chi connectivity index (χ0) is 21.2. The molecule has 0 bridgehead atoms. The second-order valence-electron chi connectivity index (χ2n) is 8.91. The Morgan fingerprint density at radius 1 is 0.903 bits per heavy atom. The van der Waals surface area contributed by atoms with E-state index in [1.807, 2.05) is 35.2 Å². The van der Waals surface area contributed by atoms with E-state index in [-0.39, 0.29) is 5.91 Å². The SMILES string of the molecule is O=C1CCc2ccccc2N1CCCCN1CCC(c2cn(F)c3ccccc23)CC1. The number of hydrogen-bond donors (Lipinski definition) is 0. The number of aryl methyl sites for hydroxylation is 1. The van der Waals surface area contributed by atoms with Gasteiger partial charge in [0.1, 0.15) is 0 Å². The van der Waals surface area contributed by atoms with Crippen molar-refractivity contribution < 1.29 is 9.28 Å². The van der Waals surface area contributed by atoms with Crippen molar-refractivity contribution in [1.29, 1.82) is 0 Å². The van der Waals surface area contributed by atoms with Crippen LogP contribution >= 0.6 is 0 Å². The number of likely N-dealkylation sites (tertiary alicyclic amines) is 1. The van der Waals surface area contributed by atoms with Gasteiger partial charge in [-0.2, -0.15) is 4.79 Å². The van der Waals surface area contributed by atoms with Gasteiger partial charge in [-0.15, -0.1) is 0 Å². The maximum absolute atomic E-state index is 14.2. The molecule has 2 aliphatic heterocycles. The van der Waals surface area contributed by atoms with Crippen LogP contribution < -0.4 is 4.90 Å². The van der Waals surface area contributed by atoms with E-state index in [4.69, 9.17) is 0 Å². The summed E-state index contributed by atoms with van der Waals surface area (Å²) < 4.78 is 14.2. The molecule has 0 N–H and O–H groups in total. The number of carbonyl (C=O) groups excluding carboxylic acids is 1. The van der Waals surface area contributed by atoms with Crippen molar-refractivity contribution in [3.05, 3.63) is 65.9 Å². The molecule has 0 saturated carbocycles. The average Bonchev–Trinajstić information content (AvgIpc) is 3.15. The summed E-state index contributed by atoms with van der Waals surface area (Å²) in [6.07, 6.45) is 7.44. The molecule has 5 heteroatoms. The lowest BCUT2D eigenvalue weighted by molar-refractivity contribution is -0.118. The van der Waals surface area contributed by atoms with E-state index in [2.05, 4.69) is 23.1 Å². The molecule has 5 rings (SSSR count). The van der Waals surface area contributed by atoms with Gasteiger partial charge in [0.15, 0.2) is 0 Å². The van der Waals surface area contributed by atoms with Crippen LogP contribution in [0.2, 0.25) is 0 Å². The molecule has 0 atom stereocenters. The number of benzene rings is 2. The van der Waals surface area contributed by atoms with Gasteiger partial charge >= 0.3 is 0 Å². The first kappa shape index (κ1) is 20.3. The van der Waals surface area contributed by atoms with Crippen molar-refractivity contribution in [2.75, 3.05) is 31.1 Å². The molecular weight excluding hydrogens is 389 g/mol. The van der Waals surface area contributed by atoms with Crippen molar-refractivity contribution >= 4 is 22.5 Å². The van der Waals surface area contributed by atoms with E-state index >= 15 is 0 Å². The highest BCUT2D eigenvalue weighted by Gasteiger charge is 2.25. The predicted octanol–water partition coefficient (Wildman–Crippen LogP) is 5.31. The molecule has 0 aliphatic carbocycles. The number of nitrogens with zero attached hydrogens (tertiary/aromatic N) is 3. The molecule has 3 aromatic rings. The lowest BCUT2D eigenvalue weighted by atomic mass is 9.89. The number of para-hydroxylation sites is 2. The predicted molar refractivity (Wildman–Crippen MR) is 123 cm³/mol. The van der Waals surface area contributed by atoms with Crippen LogP contribution in [0.1, 0.15) is 49.1 Å². The highest BCUT2D eigenvalue weighted by molar-refractivity contribution is 5.96. The number of aromatic nitrogens is 1. The third-order valence-corrected chi connectivity index (χ3v) is 7.02. The first-order chi connectivity index (χ1) is 15.2. The topological polar surface area (TPSA) is 28.5 Å². The van der Waals surface area contributed by atoms with Crippen LogP contribution in [0.25, 0.3) is 10.9 Å². The van der Waals surface area contributed by atoms with Gasteiger partial charge in [-0.05, 0) is 80.9 Å². The zero-order valence-electron chi connectivity index (χ0n) is 18.0. The van der Waals surface area contributed by atoms with Gasteiger partial charge in [-0.25, -0.2) is 0 Å². The van der Waals surface area contributed by atoms with E-state index in [1.165, 1.54) is 5.56 Å². The van der Waals surface area contributed by atoms with Crippen LogP contribution in [-0.4, -0.2) is 41.8 Å². The van der Waals surface area contributed by atoms with Crippen LogP contribution in [0.5, 0.6) is 0 Å². The quantitative estimate of drug-likeness (QED) is 0.507. The Labute approximate surface area is 183 Å². The molecule has 2 aliphatic rings. The van der Waals surface area contributed by atoms with E-state index < -0.39 is 0 Å². The summed E-state index contributed by atoms with van der Waals surface area (Å²) in [5.41, 5.74) is 4.22. The van der Waals surface area contributed by atoms with Gasteiger partial charge in [0.05, 0.1) is 5.52 Å². The van der Waals surface area contributed by atoms with Crippen LogP contribution in [0, 0.1) is 0 Å². The number of rotatable bonds is 6. The summed E-state index contributed by atoms with van der Waals surface area (Å²) in [6.45, 7) is 3.99. The Bertz CT molecular complexity index is 1070. The molecule has 0 unspecified atom stereocenters. The van der Waals surface area contributed by atoms with Crippen molar-refractivity contribution in [2.45, 2.75) is 44.4 Å². The van der Waals surface area contributed by atoms with Gasteiger partial charge in [-0.3, -0.25) is 4.79 Å². The normalized spacial score (nSPS) is 18.0. The minimum atomic E-state index is 0.256. The fourth-order valence-corrected chi connectivity index (χ4v) is 5.31. The second kappa shape index (κ2) is 8.83. The number of fused-ring (bicyclic) bond motifs is 2. The monoisotopic (exact) mass is 419 g/mol. The Kier molecular flexibility index (Phi) is 5.77. The number of hydrogen-bond acceptors (Lipinski definition) is 2. The van der Waals surface area contributed by atoms with Gasteiger partial charge in [0.25, 0.3) is 0 Å². The van der Waals surface area contributed by atoms with Crippen LogP contribution in [0.4, 0.5) is 10.2 Å². The Hall–Kier alpha value is -2.66. The van der Waals surface area contributed by atoms with Crippen molar-refractivity contribution in [2.24, 2.45) is 0 Å². The number of amides is 1. The molecule has 3 heterocycles. The number of anilines is 1. The molecule has 1 saturated heterocycles. The Morgan fingerprint density at radius 3 is 2.52 bits per heavy atom. The molecule has 31 heavy (non-hydrogen) atoms. The summed E-state index contributed by atoms with van der Waals surface area (Å²) in [7, 11) is 0. The summed E-state index contributed by atoms with van der Waals surface area (Å²) >= 11 is 0. The minimum absolute atomic E-state index is 0.256. The van der Waals surface area contributed by atoms with Crippen molar-refractivity contribution in [1.82, 2.24) is 9.69 Å². The Morgan fingerprint density at radius 2 is 1.65 bits per heavy atom. The van der Waals surface area contributed by atoms with Gasteiger partial charge < -0.3 is 9.80 Å². The number of piperidine rings is 1. The smallest absolute Gasteiger partial charge is 0.227 e. The second-order valence-corrected chi connectivity index (χ2v) is 8.91. The summed E-state index contributed by atoms with van der Waals surface area (Å²) in [5.74, 6) is 0.687. The van der Waals surface area contributed by atoms with Crippen molar-refractivity contribution in [3.8, 4) is 0 Å². The fourth-order valence-electron chi connectivity index (χ4n) is 5.31. The largest absolute Gasteiger partial charge is 0.312 e. The van der Waals surface area contributed by atoms with Crippen LogP contribution in [0.3, 0.4) is 0 Å². The molecule has 1 amide bonds. The molecular formula is C26H30FN3O. The fraction of sp³-hybridized carbons (Fsp3) is 0.423. The van der Waals surface area contributed by atoms with E-state index in [9.17, 15) is 9.28 Å². The lowest BCUT2D eigenvalue weighted by Crippen LogP contribution is -2.37. The van der Waals surface area contributed by atoms with Gasteiger partial charge in [-0.1, -0.05) is 40.9 Å². The highest BCUT2D eigenvalue weighted by atomic mass is 19.2. The minimum Gasteiger partial charge on any atom is -0.312 e. The lowest BCUT2D eigenvalue weighted by Gasteiger charge is -2.32. The summed E-state index contributed by atoms with van der Waals surface area (Å²) in [6, 6.07) is 16.1. The first-order valence-electron chi connectivity index (χ1n) is 11.6. The molecule has 0 radical (unpaired) electrons. The van der Waals surface area contributed by atoms with Crippen LogP contribution in [-0.2, 0) is 11.2 Å².